The second kappa shape index (κ2) is 4.36. The third-order valence-corrected chi connectivity index (χ3v) is 2.76. The number of benzene rings is 1. The number of nitrogens with one attached hydrogen (secondary N) is 1. The Morgan fingerprint density at radius 1 is 1.25 bits per heavy atom. The summed E-state index contributed by atoms with van der Waals surface area (Å²) < 4.78 is 1.57. The van der Waals surface area contributed by atoms with Crippen LogP contribution in [0.1, 0.15) is 12.6 Å². The predicted octanol–water partition coefficient (Wildman–Crippen LogP) is 3.03. The fourth-order valence-electron chi connectivity index (χ4n) is 1.62. The van der Waals surface area contributed by atoms with E-state index in [0.29, 0.717) is 15.7 Å². The lowest BCUT2D eigenvalue weighted by molar-refractivity contribution is 0.899. The van der Waals surface area contributed by atoms with Gasteiger partial charge < -0.3 is 4.98 Å². The summed E-state index contributed by atoms with van der Waals surface area (Å²) in [7, 11) is 0. The van der Waals surface area contributed by atoms with Crippen LogP contribution in [0.15, 0.2) is 29.2 Å². The van der Waals surface area contributed by atoms with Crippen LogP contribution in [0.25, 0.3) is 5.69 Å². The van der Waals surface area contributed by atoms with Crippen LogP contribution in [0.5, 0.6) is 0 Å². The number of rotatable bonds is 2. The van der Waals surface area contributed by atoms with Gasteiger partial charge in [-0.05, 0) is 24.6 Å². The second-order valence-corrected chi connectivity index (χ2v) is 4.27. The Balaban J connectivity index is 2.66. The molecule has 16 heavy (non-hydrogen) atoms. The highest BCUT2D eigenvalue weighted by atomic mass is 35.5. The van der Waals surface area contributed by atoms with E-state index in [4.69, 9.17) is 23.2 Å². The van der Waals surface area contributed by atoms with Crippen LogP contribution >= 0.6 is 23.2 Å². The fraction of sp³-hybridized carbons (Fsp3) is 0.182. The van der Waals surface area contributed by atoms with Crippen molar-refractivity contribution < 1.29 is 0 Å². The standard InChI is InChI=1S/C11H10Cl2N2O/c1-2-9-6-14-11(16)15(9)10-4-7(12)3-8(13)5-10/h3-6H,2H2,1H3,(H,14,16). The van der Waals surface area contributed by atoms with Gasteiger partial charge in [0.2, 0.25) is 0 Å². The van der Waals surface area contributed by atoms with Gasteiger partial charge in [0, 0.05) is 21.9 Å². The van der Waals surface area contributed by atoms with Crippen LogP contribution < -0.4 is 5.69 Å². The van der Waals surface area contributed by atoms with Crippen molar-refractivity contribution >= 4 is 23.2 Å². The SMILES string of the molecule is CCc1c[nH]c(=O)n1-c1cc(Cl)cc(Cl)c1. The van der Waals surface area contributed by atoms with Gasteiger partial charge in [-0.2, -0.15) is 0 Å². The van der Waals surface area contributed by atoms with Gasteiger partial charge in [-0.3, -0.25) is 4.57 Å². The van der Waals surface area contributed by atoms with Gasteiger partial charge in [0.1, 0.15) is 0 Å². The molecule has 5 heteroatoms. The van der Waals surface area contributed by atoms with Crippen molar-refractivity contribution in [1.29, 1.82) is 0 Å². The minimum atomic E-state index is -0.185. The van der Waals surface area contributed by atoms with E-state index < -0.39 is 0 Å². The largest absolute Gasteiger partial charge is 0.330 e. The predicted molar refractivity (Wildman–Crippen MR) is 65.8 cm³/mol. The van der Waals surface area contributed by atoms with E-state index in [1.807, 2.05) is 6.92 Å². The van der Waals surface area contributed by atoms with Crippen LogP contribution in [0.3, 0.4) is 0 Å². The maximum Gasteiger partial charge on any atom is 0.330 e. The molecule has 1 aromatic carbocycles. The first-order valence-corrected chi connectivity index (χ1v) is 5.63. The zero-order valence-corrected chi connectivity index (χ0v) is 10.1. The summed E-state index contributed by atoms with van der Waals surface area (Å²) in [4.78, 5) is 14.3. The summed E-state index contributed by atoms with van der Waals surface area (Å²) in [6.45, 7) is 1.98. The molecule has 0 bridgehead atoms. The number of H-pyrrole nitrogens is 1. The normalized spacial score (nSPS) is 10.7. The lowest BCUT2D eigenvalue weighted by Gasteiger charge is -2.06. The fourth-order valence-corrected chi connectivity index (χ4v) is 2.13. The van der Waals surface area contributed by atoms with Crippen molar-refractivity contribution in [2.24, 2.45) is 0 Å². The Kier molecular flexibility index (Phi) is 3.08. The van der Waals surface area contributed by atoms with Crippen LogP contribution in [0, 0.1) is 0 Å². The topological polar surface area (TPSA) is 37.8 Å². The Labute approximate surface area is 103 Å². The minimum Gasteiger partial charge on any atom is -0.312 e. The molecule has 0 aliphatic heterocycles. The van der Waals surface area contributed by atoms with E-state index in [2.05, 4.69) is 4.98 Å². The van der Waals surface area contributed by atoms with Gasteiger partial charge >= 0.3 is 5.69 Å². The molecule has 2 rings (SSSR count). The lowest BCUT2D eigenvalue weighted by Crippen LogP contribution is -2.16. The monoisotopic (exact) mass is 256 g/mol. The van der Waals surface area contributed by atoms with Crippen molar-refractivity contribution in [3.8, 4) is 5.69 Å². The smallest absolute Gasteiger partial charge is 0.312 e. The van der Waals surface area contributed by atoms with Crippen molar-refractivity contribution in [2.75, 3.05) is 0 Å². The maximum atomic E-state index is 11.6. The number of imidazole rings is 1. The highest BCUT2D eigenvalue weighted by Crippen LogP contribution is 2.21. The Morgan fingerprint density at radius 2 is 1.88 bits per heavy atom. The van der Waals surface area contributed by atoms with E-state index >= 15 is 0 Å². The van der Waals surface area contributed by atoms with Gasteiger partial charge in [0.05, 0.1) is 5.69 Å². The molecule has 0 atom stereocenters. The maximum absolute atomic E-state index is 11.6. The quantitative estimate of drug-likeness (QED) is 0.882. The summed E-state index contributed by atoms with van der Waals surface area (Å²) in [5.74, 6) is 0. The molecule has 2 aromatic rings. The average molecular weight is 257 g/mol. The molecule has 0 aliphatic rings. The van der Waals surface area contributed by atoms with Gasteiger partial charge in [-0.1, -0.05) is 30.1 Å². The molecule has 3 nitrogen and oxygen atoms in total. The first-order valence-electron chi connectivity index (χ1n) is 4.87. The number of hydrogen-bond acceptors (Lipinski definition) is 1. The molecule has 0 fully saturated rings. The summed E-state index contributed by atoms with van der Waals surface area (Å²) in [5, 5.41) is 1.02. The Hall–Kier alpha value is -1.19. The van der Waals surface area contributed by atoms with Crippen LogP contribution in [0.4, 0.5) is 0 Å². The molecule has 1 N–H and O–H groups in total. The minimum absolute atomic E-state index is 0.185. The molecule has 0 unspecified atom stereocenters. The average Bonchev–Trinajstić information content (AvgIpc) is 2.58. The molecule has 1 heterocycles. The van der Waals surface area contributed by atoms with Crippen molar-refractivity contribution in [2.45, 2.75) is 13.3 Å². The molecule has 0 saturated heterocycles. The van der Waals surface area contributed by atoms with Gasteiger partial charge in [-0.25, -0.2) is 4.79 Å². The third kappa shape index (κ3) is 2.01. The highest BCUT2D eigenvalue weighted by Gasteiger charge is 2.08. The first-order chi connectivity index (χ1) is 7.61. The van der Waals surface area contributed by atoms with Gasteiger partial charge in [0.15, 0.2) is 0 Å². The second-order valence-electron chi connectivity index (χ2n) is 3.40. The van der Waals surface area contributed by atoms with Gasteiger partial charge in [-0.15, -0.1) is 0 Å². The van der Waals surface area contributed by atoms with Crippen LogP contribution in [-0.4, -0.2) is 9.55 Å². The first kappa shape index (κ1) is 11.3. The van der Waals surface area contributed by atoms with Crippen LogP contribution in [0.2, 0.25) is 10.0 Å². The van der Waals surface area contributed by atoms with E-state index in [-0.39, 0.29) is 5.69 Å². The molecule has 0 amide bonds. The number of hydrogen-bond donors (Lipinski definition) is 1. The number of aromatic nitrogens is 2. The van der Waals surface area contributed by atoms with E-state index in [1.54, 1.807) is 29.0 Å². The van der Waals surface area contributed by atoms with Crippen LogP contribution in [-0.2, 0) is 6.42 Å². The molecule has 0 aliphatic carbocycles. The van der Waals surface area contributed by atoms with Gasteiger partial charge in [0.25, 0.3) is 0 Å². The van der Waals surface area contributed by atoms with E-state index in [0.717, 1.165) is 12.1 Å². The molecular formula is C11H10Cl2N2O. The van der Waals surface area contributed by atoms with Crippen molar-refractivity contribution in [3.63, 3.8) is 0 Å². The third-order valence-electron chi connectivity index (χ3n) is 2.32. The number of nitrogens with zero attached hydrogens (tertiary/aromatic N) is 1. The number of aryl methyl sites for hydroxylation is 1. The summed E-state index contributed by atoms with van der Waals surface area (Å²) in [6.07, 6.45) is 2.44. The molecule has 1 aromatic heterocycles. The lowest BCUT2D eigenvalue weighted by atomic mass is 10.3. The van der Waals surface area contributed by atoms with E-state index in [9.17, 15) is 4.79 Å². The molecule has 0 radical (unpaired) electrons. The molecule has 84 valence electrons. The highest BCUT2D eigenvalue weighted by molar-refractivity contribution is 6.34. The van der Waals surface area contributed by atoms with E-state index in [1.165, 1.54) is 0 Å². The summed E-state index contributed by atoms with van der Waals surface area (Å²) in [6, 6.07) is 5.06. The number of halogens is 2. The van der Waals surface area contributed by atoms with Crippen molar-refractivity contribution in [3.05, 3.63) is 50.6 Å². The number of aromatic amines is 1. The Morgan fingerprint density at radius 3 is 2.44 bits per heavy atom. The molecule has 0 spiro atoms. The van der Waals surface area contributed by atoms with Crippen molar-refractivity contribution in [1.82, 2.24) is 9.55 Å². The summed E-state index contributed by atoms with van der Waals surface area (Å²) >= 11 is 11.8. The Bertz CT molecular complexity index is 551. The zero-order chi connectivity index (χ0) is 11.7. The molecular weight excluding hydrogens is 247 g/mol. The summed E-state index contributed by atoms with van der Waals surface area (Å²) in [5.41, 5.74) is 1.39. The molecule has 0 saturated carbocycles. The zero-order valence-electron chi connectivity index (χ0n) is 8.63.